The van der Waals surface area contributed by atoms with Crippen LogP contribution in [0.2, 0.25) is 0 Å². The zero-order valence-electron chi connectivity index (χ0n) is 13.5. The summed E-state index contributed by atoms with van der Waals surface area (Å²) in [5, 5.41) is 3.08. The van der Waals surface area contributed by atoms with Gasteiger partial charge in [-0.1, -0.05) is 30.3 Å². The quantitative estimate of drug-likeness (QED) is 0.892. The minimum Gasteiger partial charge on any atom is -0.353 e. The van der Waals surface area contributed by atoms with Crippen molar-refractivity contribution in [3.8, 4) is 0 Å². The van der Waals surface area contributed by atoms with Gasteiger partial charge in [-0.25, -0.2) is 0 Å². The number of hydrogen-bond acceptors (Lipinski definition) is 3. The van der Waals surface area contributed by atoms with Gasteiger partial charge < -0.3 is 5.32 Å². The highest BCUT2D eigenvalue weighted by atomic mass is 16.1. The van der Waals surface area contributed by atoms with Crippen molar-refractivity contribution < 1.29 is 4.79 Å². The van der Waals surface area contributed by atoms with Crippen LogP contribution in [0.3, 0.4) is 0 Å². The van der Waals surface area contributed by atoms with E-state index in [-0.39, 0.29) is 11.9 Å². The van der Waals surface area contributed by atoms with Crippen molar-refractivity contribution in [2.45, 2.75) is 38.9 Å². The second kappa shape index (κ2) is 7.38. The van der Waals surface area contributed by atoms with Gasteiger partial charge in [0, 0.05) is 44.5 Å². The van der Waals surface area contributed by atoms with E-state index in [1.165, 1.54) is 11.1 Å². The number of nitrogens with one attached hydrogen (secondary N) is 1. The highest BCUT2D eigenvalue weighted by molar-refractivity contribution is 5.76. The second-order valence-corrected chi connectivity index (χ2v) is 6.26. The summed E-state index contributed by atoms with van der Waals surface area (Å²) in [6.45, 7) is 4.75. The Bertz CT molecular complexity index is 632. The molecule has 3 rings (SSSR count). The van der Waals surface area contributed by atoms with E-state index in [2.05, 4.69) is 39.5 Å². The van der Waals surface area contributed by atoms with Gasteiger partial charge in [-0.05, 0) is 36.1 Å². The van der Waals surface area contributed by atoms with Crippen molar-refractivity contribution >= 4 is 5.91 Å². The lowest BCUT2D eigenvalue weighted by molar-refractivity contribution is -0.122. The molecule has 4 nitrogen and oxygen atoms in total. The molecule has 0 bridgehead atoms. The number of rotatable bonds is 6. The highest BCUT2D eigenvalue weighted by Gasteiger charge is 2.18. The molecular formula is C19H23N3O. The summed E-state index contributed by atoms with van der Waals surface area (Å²) in [4.78, 5) is 18.6. The van der Waals surface area contributed by atoms with E-state index < -0.39 is 0 Å². The average molecular weight is 309 g/mol. The van der Waals surface area contributed by atoms with E-state index in [1.807, 2.05) is 25.3 Å². The molecule has 23 heavy (non-hydrogen) atoms. The Morgan fingerprint density at radius 1 is 1.22 bits per heavy atom. The zero-order valence-corrected chi connectivity index (χ0v) is 13.5. The van der Waals surface area contributed by atoms with Crippen LogP contribution in [0.15, 0.2) is 48.8 Å². The molecule has 0 fully saturated rings. The smallest absolute Gasteiger partial charge is 0.221 e. The molecule has 0 saturated carbocycles. The first-order valence-corrected chi connectivity index (χ1v) is 8.18. The summed E-state index contributed by atoms with van der Waals surface area (Å²) < 4.78 is 0. The number of carbonyl (C=O) groups excluding carboxylic acids is 1. The van der Waals surface area contributed by atoms with Crippen LogP contribution in [0.4, 0.5) is 0 Å². The number of benzene rings is 1. The SMILES string of the molecule is C[C@H](Cc1cccnc1)NC(=O)CCN1Cc2ccccc2C1. The molecule has 1 amide bonds. The van der Waals surface area contributed by atoms with Gasteiger partial charge in [0.15, 0.2) is 0 Å². The molecule has 0 spiro atoms. The third kappa shape index (κ3) is 4.39. The minimum atomic E-state index is 0.123. The third-order valence-corrected chi connectivity index (χ3v) is 4.23. The lowest BCUT2D eigenvalue weighted by Crippen LogP contribution is -2.36. The number of nitrogens with zero attached hydrogens (tertiary/aromatic N) is 2. The van der Waals surface area contributed by atoms with E-state index >= 15 is 0 Å². The molecule has 0 saturated heterocycles. The van der Waals surface area contributed by atoms with E-state index in [0.29, 0.717) is 6.42 Å². The highest BCUT2D eigenvalue weighted by Crippen LogP contribution is 2.21. The van der Waals surface area contributed by atoms with Crippen LogP contribution in [0, 0.1) is 0 Å². The Hall–Kier alpha value is -2.20. The molecule has 2 heterocycles. The molecule has 1 aliphatic heterocycles. The van der Waals surface area contributed by atoms with Crippen molar-refractivity contribution in [2.24, 2.45) is 0 Å². The van der Waals surface area contributed by atoms with E-state index in [0.717, 1.165) is 31.6 Å². The maximum atomic E-state index is 12.1. The molecule has 120 valence electrons. The molecule has 1 N–H and O–H groups in total. The summed E-state index contributed by atoms with van der Waals surface area (Å²) in [5.74, 6) is 0.123. The Balaban J connectivity index is 1.40. The van der Waals surface area contributed by atoms with Crippen LogP contribution in [-0.4, -0.2) is 28.4 Å². The number of carbonyl (C=O) groups is 1. The Morgan fingerprint density at radius 2 is 1.96 bits per heavy atom. The van der Waals surface area contributed by atoms with Crippen molar-refractivity contribution in [3.05, 3.63) is 65.5 Å². The van der Waals surface area contributed by atoms with Crippen molar-refractivity contribution in [2.75, 3.05) is 6.54 Å². The maximum Gasteiger partial charge on any atom is 0.221 e. The fourth-order valence-corrected chi connectivity index (χ4v) is 3.09. The number of amides is 1. The minimum absolute atomic E-state index is 0.123. The number of fused-ring (bicyclic) bond motifs is 1. The number of hydrogen-bond donors (Lipinski definition) is 1. The Labute approximate surface area is 137 Å². The molecule has 1 aromatic carbocycles. The topological polar surface area (TPSA) is 45.2 Å². The first-order chi connectivity index (χ1) is 11.2. The molecule has 1 aliphatic rings. The van der Waals surface area contributed by atoms with E-state index in [1.54, 1.807) is 6.20 Å². The molecule has 0 radical (unpaired) electrons. The van der Waals surface area contributed by atoms with E-state index in [4.69, 9.17) is 0 Å². The van der Waals surface area contributed by atoms with Gasteiger partial charge >= 0.3 is 0 Å². The summed E-state index contributed by atoms with van der Waals surface area (Å²) in [5.41, 5.74) is 3.92. The van der Waals surface area contributed by atoms with Crippen molar-refractivity contribution in [1.82, 2.24) is 15.2 Å². The number of pyridine rings is 1. The van der Waals surface area contributed by atoms with Crippen molar-refractivity contribution in [1.29, 1.82) is 0 Å². The standard InChI is InChI=1S/C19H23N3O/c1-15(11-16-5-4-9-20-12-16)21-19(23)8-10-22-13-17-6-2-3-7-18(17)14-22/h2-7,9,12,15H,8,10-11,13-14H2,1H3,(H,21,23)/t15-/m1/s1. The van der Waals surface area contributed by atoms with Crippen molar-refractivity contribution in [3.63, 3.8) is 0 Å². The van der Waals surface area contributed by atoms with Gasteiger partial charge in [0.2, 0.25) is 5.91 Å². The molecular weight excluding hydrogens is 286 g/mol. The predicted octanol–water partition coefficient (Wildman–Crippen LogP) is 2.53. The first-order valence-electron chi connectivity index (χ1n) is 8.18. The number of aromatic nitrogens is 1. The van der Waals surface area contributed by atoms with Crippen LogP contribution in [0.1, 0.15) is 30.0 Å². The lowest BCUT2D eigenvalue weighted by Gasteiger charge is -2.17. The van der Waals surface area contributed by atoms with Crippen LogP contribution in [0.5, 0.6) is 0 Å². The van der Waals surface area contributed by atoms with Gasteiger partial charge in [-0.15, -0.1) is 0 Å². The van der Waals surface area contributed by atoms with Gasteiger partial charge in [0.1, 0.15) is 0 Å². The summed E-state index contributed by atoms with van der Waals surface area (Å²) >= 11 is 0. The lowest BCUT2D eigenvalue weighted by atomic mass is 10.1. The largest absolute Gasteiger partial charge is 0.353 e. The molecule has 0 aliphatic carbocycles. The predicted molar refractivity (Wildman–Crippen MR) is 90.7 cm³/mol. The van der Waals surface area contributed by atoms with Gasteiger partial charge in [0.05, 0.1) is 0 Å². The van der Waals surface area contributed by atoms with Gasteiger partial charge in [0.25, 0.3) is 0 Å². The molecule has 1 aromatic heterocycles. The third-order valence-electron chi connectivity index (χ3n) is 4.23. The normalized spacial score (nSPS) is 15.2. The summed E-state index contributed by atoms with van der Waals surface area (Å²) in [6.07, 6.45) is 4.98. The first kappa shape index (κ1) is 15.7. The fraction of sp³-hybridized carbons (Fsp3) is 0.368. The Kier molecular flexibility index (Phi) is 5.03. The second-order valence-electron chi connectivity index (χ2n) is 6.26. The molecule has 1 atom stereocenters. The molecule has 0 unspecified atom stereocenters. The summed E-state index contributed by atoms with van der Waals surface area (Å²) in [7, 11) is 0. The van der Waals surface area contributed by atoms with Gasteiger partial charge in [-0.3, -0.25) is 14.7 Å². The Morgan fingerprint density at radius 3 is 2.61 bits per heavy atom. The van der Waals surface area contributed by atoms with Crippen LogP contribution < -0.4 is 5.32 Å². The zero-order chi connectivity index (χ0) is 16.1. The van der Waals surface area contributed by atoms with Crippen LogP contribution in [-0.2, 0) is 24.3 Å². The van der Waals surface area contributed by atoms with Crippen LogP contribution in [0.25, 0.3) is 0 Å². The average Bonchev–Trinajstić information content (AvgIpc) is 2.96. The molecule has 4 heteroatoms. The fourth-order valence-electron chi connectivity index (χ4n) is 3.09. The maximum absolute atomic E-state index is 12.1. The summed E-state index contributed by atoms with van der Waals surface area (Å²) in [6, 6.07) is 12.6. The molecule has 2 aromatic rings. The van der Waals surface area contributed by atoms with Gasteiger partial charge in [-0.2, -0.15) is 0 Å². The van der Waals surface area contributed by atoms with Crippen LogP contribution >= 0.6 is 0 Å². The monoisotopic (exact) mass is 309 g/mol. The van der Waals surface area contributed by atoms with E-state index in [9.17, 15) is 4.79 Å².